The first-order valence-corrected chi connectivity index (χ1v) is 8.30. The minimum Gasteiger partial charge on any atom is -0.493 e. The molecule has 1 aromatic rings. The first kappa shape index (κ1) is 16.1. The molecule has 0 aliphatic carbocycles. The van der Waals surface area contributed by atoms with E-state index in [1.54, 1.807) is 14.2 Å². The van der Waals surface area contributed by atoms with E-state index in [0.29, 0.717) is 12.2 Å². The van der Waals surface area contributed by atoms with Gasteiger partial charge in [0.2, 0.25) is 0 Å². The number of allylic oxidation sites excluding steroid dienone is 1. The normalized spacial score (nSPS) is 23.8. The lowest BCUT2D eigenvalue weighted by atomic mass is 9.81. The Kier molecular flexibility index (Phi) is 4.71. The van der Waals surface area contributed by atoms with Gasteiger partial charge in [0.1, 0.15) is 5.78 Å². The Labute approximate surface area is 138 Å². The summed E-state index contributed by atoms with van der Waals surface area (Å²) in [6.07, 6.45) is 5.34. The number of hydrogen-bond acceptors (Lipinski definition) is 4. The van der Waals surface area contributed by atoms with Crippen molar-refractivity contribution in [3.05, 3.63) is 35.9 Å². The Balaban J connectivity index is 1.87. The van der Waals surface area contributed by atoms with E-state index in [9.17, 15) is 4.79 Å². The number of benzene rings is 1. The Hall–Kier alpha value is -1.81. The minimum absolute atomic E-state index is 0.158. The highest BCUT2D eigenvalue weighted by Gasteiger charge is 2.38. The van der Waals surface area contributed by atoms with Crippen molar-refractivity contribution in [3.63, 3.8) is 0 Å². The van der Waals surface area contributed by atoms with Gasteiger partial charge in [-0.25, -0.2) is 0 Å². The fraction of sp³-hybridized carbons (Fsp3) is 0.526. The van der Waals surface area contributed by atoms with Gasteiger partial charge in [0.05, 0.1) is 14.2 Å². The molecule has 2 unspecified atom stereocenters. The third kappa shape index (κ3) is 3.00. The van der Waals surface area contributed by atoms with Crippen molar-refractivity contribution >= 4 is 5.78 Å². The van der Waals surface area contributed by atoms with Gasteiger partial charge < -0.3 is 9.47 Å². The van der Waals surface area contributed by atoms with Crippen LogP contribution in [0.1, 0.15) is 36.4 Å². The second-order valence-corrected chi connectivity index (χ2v) is 6.40. The van der Waals surface area contributed by atoms with E-state index >= 15 is 0 Å². The lowest BCUT2D eigenvalue weighted by Gasteiger charge is -2.43. The van der Waals surface area contributed by atoms with Crippen LogP contribution in [0.5, 0.6) is 11.5 Å². The molecule has 0 radical (unpaired) electrons. The number of rotatable bonds is 5. The van der Waals surface area contributed by atoms with Gasteiger partial charge in [-0.2, -0.15) is 0 Å². The van der Waals surface area contributed by atoms with E-state index in [1.807, 2.05) is 6.08 Å². The fourth-order valence-electron chi connectivity index (χ4n) is 3.85. The number of methoxy groups -OCH3 is 2. The number of hydrogen-bond donors (Lipinski definition) is 0. The number of ketones is 1. The molecule has 4 heteroatoms. The third-order valence-electron chi connectivity index (χ3n) is 5.14. The van der Waals surface area contributed by atoms with Crippen molar-refractivity contribution in [2.75, 3.05) is 27.3 Å². The molecule has 1 aromatic carbocycles. The van der Waals surface area contributed by atoms with Gasteiger partial charge in [0.15, 0.2) is 11.5 Å². The third-order valence-corrected chi connectivity index (χ3v) is 5.14. The zero-order valence-electron chi connectivity index (χ0n) is 14.0. The predicted molar refractivity (Wildman–Crippen MR) is 90.1 cm³/mol. The second-order valence-electron chi connectivity index (χ2n) is 6.40. The summed E-state index contributed by atoms with van der Waals surface area (Å²) in [5, 5.41) is 0. The van der Waals surface area contributed by atoms with Crippen LogP contribution in [0.15, 0.2) is 24.8 Å². The van der Waals surface area contributed by atoms with E-state index in [-0.39, 0.29) is 12.0 Å². The highest BCUT2D eigenvalue weighted by molar-refractivity contribution is 5.83. The first-order chi connectivity index (χ1) is 11.2. The van der Waals surface area contributed by atoms with Crippen LogP contribution in [0.2, 0.25) is 0 Å². The number of ether oxygens (including phenoxy) is 2. The zero-order chi connectivity index (χ0) is 16.4. The number of carbonyl (C=O) groups is 1. The van der Waals surface area contributed by atoms with Gasteiger partial charge in [-0.1, -0.05) is 6.08 Å². The molecule has 2 aliphatic heterocycles. The number of Topliss-reactive ketones (excluding diaryl/α,β-unsaturated/α-hetero) is 1. The minimum atomic E-state index is 0.158. The van der Waals surface area contributed by atoms with Crippen LogP contribution in [0.25, 0.3) is 0 Å². The van der Waals surface area contributed by atoms with Crippen molar-refractivity contribution in [2.24, 2.45) is 5.92 Å². The van der Waals surface area contributed by atoms with Gasteiger partial charge in [-0.3, -0.25) is 9.69 Å². The highest BCUT2D eigenvalue weighted by atomic mass is 16.5. The van der Waals surface area contributed by atoms with Crippen LogP contribution in [-0.4, -0.2) is 38.0 Å². The van der Waals surface area contributed by atoms with Gasteiger partial charge in [-0.05, 0) is 42.5 Å². The van der Waals surface area contributed by atoms with E-state index in [0.717, 1.165) is 43.9 Å². The van der Waals surface area contributed by atoms with Gasteiger partial charge in [0, 0.05) is 31.5 Å². The molecule has 0 bridgehead atoms. The number of fused-ring (bicyclic) bond motifs is 3. The summed E-state index contributed by atoms with van der Waals surface area (Å²) < 4.78 is 10.8. The maximum Gasteiger partial charge on any atom is 0.161 e. The lowest BCUT2D eigenvalue weighted by Crippen LogP contribution is -2.46. The Morgan fingerprint density at radius 1 is 1.30 bits per heavy atom. The van der Waals surface area contributed by atoms with E-state index < -0.39 is 0 Å². The predicted octanol–water partition coefficient (Wildman–Crippen LogP) is 3.16. The molecular weight excluding hydrogens is 290 g/mol. The van der Waals surface area contributed by atoms with Crippen LogP contribution in [0.4, 0.5) is 0 Å². The van der Waals surface area contributed by atoms with E-state index in [1.165, 1.54) is 11.1 Å². The molecule has 0 aromatic heterocycles. The lowest BCUT2D eigenvalue weighted by molar-refractivity contribution is -0.129. The standard InChI is InChI=1S/C19H25NO3/c1-4-5-6-14-12-20-8-7-13-9-18(22-2)19(23-3)10-15(13)16(20)11-17(14)21/h4,9-10,14,16H,1,5-8,11-12H2,2-3H3. The Morgan fingerprint density at radius 2 is 2.04 bits per heavy atom. The van der Waals surface area contributed by atoms with Gasteiger partial charge >= 0.3 is 0 Å². The molecular formula is C19H25NO3. The fourth-order valence-corrected chi connectivity index (χ4v) is 3.85. The smallest absolute Gasteiger partial charge is 0.161 e. The summed E-state index contributed by atoms with van der Waals surface area (Å²) in [6.45, 7) is 5.64. The molecule has 0 N–H and O–H groups in total. The maximum atomic E-state index is 12.5. The molecule has 1 fully saturated rings. The van der Waals surface area contributed by atoms with Crippen LogP contribution in [0, 0.1) is 5.92 Å². The molecule has 2 aliphatic rings. The molecule has 0 spiro atoms. The molecule has 23 heavy (non-hydrogen) atoms. The molecule has 2 heterocycles. The molecule has 1 saturated heterocycles. The summed E-state index contributed by atoms with van der Waals surface area (Å²) in [4.78, 5) is 15.0. The molecule has 0 amide bonds. The first-order valence-electron chi connectivity index (χ1n) is 8.30. The maximum absolute atomic E-state index is 12.5. The van der Waals surface area contributed by atoms with Crippen LogP contribution in [0.3, 0.4) is 0 Å². The average Bonchev–Trinajstić information content (AvgIpc) is 2.58. The van der Waals surface area contributed by atoms with E-state index in [4.69, 9.17) is 9.47 Å². The number of piperidine rings is 1. The molecule has 3 rings (SSSR count). The summed E-state index contributed by atoms with van der Waals surface area (Å²) in [7, 11) is 3.32. The Bertz CT molecular complexity index is 611. The van der Waals surface area contributed by atoms with Crippen LogP contribution < -0.4 is 9.47 Å². The molecule has 2 atom stereocenters. The topological polar surface area (TPSA) is 38.8 Å². The highest BCUT2D eigenvalue weighted by Crippen LogP contribution is 2.42. The van der Waals surface area contributed by atoms with Crippen molar-refractivity contribution in [1.82, 2.24) is 4.90 Å². The van der Waals surface area contributed by atoms with Crippen LogP contribution >= 0.6 is 0 Å². The van der Waals surface area contributed by atoms with E-state index in [2.05, 4.69) is 23.6 Å². The average molecular weight is 315 g/mol. The summed E-state index contributed by atoms with van der Waals surface area (Å²) >= 11 is 0. The Morgan fingerprint density at radius 3 is 2.74 bits per heavy atom. The molecule has 4 nitrogen and oxygen atoms in total. The number of nitrogens with zero attached hydrogens (tertiary/aromatic N) is 1. The quantitative estimate of drug-likeness (QED) is 0.783. The molecule has 0 saturated carbocycles. The van der Waals surface area contributed by atoms with Crippen molar-refractivity contribution in [3.8, 4) is 11.5 Å². The summed E-state index contributed by atoms with van der Waals surface area (Å²) in [5.74, 6) is 2.06. The second kappa shape index (κ2) is 6.75. The zero-order valence-corrected chi connectivity index (χ0v) is 14.0. The summed E-state index contributed by atoms with van der Waals surface area (Å²) in [6, 6.07) is 4.31. The van der Waals surface area contributed by atoms with Gasteiger partial charge in [-0.15, -0.1) is 6.58 Å². The SMILES string of the molecule is C=CCCC1CN2CCc3cc(OC)c(OC)cc3C2CC1=O. The number of carbonyl (C=O) groups excluding carboxylic acids is 1. The van der Waals surface area contributed by atoms with Crippen molar-refractivity contribution in [2.45, 2.75) is 31.7 Å². The molecule has 124 valence electrons. The monoisotopic (exact) mass is 315 g/mol. The summed E-state index contributed by atoms with van der Waals surface area (Å²) in [5.41, 5.74) is 2.51. The van der Waals surface area contributed by atoms with Crippen molar-refractivity contribution < 1.29 is 14.3 Å². The van der Waals surface area contributed by atoms with Gasteiger partial charge in [0.25, 0.3) is 0 Å². The van der Waals surface area contributed by atoms with Crippen LogP contribution in [-0.2, 0) is 11.2 Å². The van der Waals surface area contributed by atoms with Crippen molar-refractivity contribution in [1.29, 1.82) is 0 Å². The largest absolute Gasteiger partial charge is 0.493 e.